The number of aromatic nitrogens is 4. The molecule has 0 fully saturated rings. The zero-order valence-electron chi connectivity index (χ0n) is 16.4. The molecule has 0 radical (unpaired) electrons. The van der Waals surface area contributed by atoms with Gasteiger partial charge < -0.3 is 9.88 Å². The molecule has 1 N–H and O–H groups in total. The maximum Gasteiger partial charge on any atom is 0.224 e. The van der Waals surface area contributed by atoms with Crippen LogP contribution in [0.15, 0.2) is 54.9 Å². The van der Waals surface area contributed by atoms with E-state index in [4.69, 9.17) is 21.7 Å². The van der Waals surface area contributed by atoms with Crippen LogP contribution in [-0.2, 0) is 11.3 Å². The van der Waals surface area contributed by atoms with Gasteiger partial charge in [0.05, 0.1) is 5.39 Å². The van der Waals surface area contributed by atoms with Crippen molar-refractivity contribution in [1.29, 1.82) is 0 Å². The summed E-state index contributed by atoms with van der Waals surface area (Å²) in [5, 5.41) is 9.31. The number of pyridine rings is 1. The van der Waals surface area contributed by atoms with Crippen molar-refractivity contribution in [3.63, 3.8) is 0 Å². The molecule has 3 aromatic heterocycles. The summed E-state index contributed by atoms with van der Waals surface area (Å²) in [6.45, 7) is 4.67. The van der Waals surface area contributed by atoms with Crippen molar-refractivity contribution in [2.45, 2.75) is 33.2 Å². The molecule has 0 unspecified atom stereocenters. The molecule has 3 heterocycles. The van der Waals surface area contributed by atoms with Gasteiger partial charge in [-0.25, -0.2) is 9.67 Å². The van der Waals surface area contributed by atoms with E-state index in [-0.39, 0.29) is 5.91 Å². The van der Waals surface area contributed by atoms with E-state index < -0.39 is 0 Å². The van der Waals surface area contributed by atoms with E-state index in [1.165, 1.54) is 0 Å². The maximum absolute atomic E-state index is 12.3. The molecule has 1 amide bonds. The SMILES string of the molecule is Cc1cc(C)c2c(-n3cccc3)nn(CCCC(=O)Nc3cccc(Cl)c3)c2n1. The first-order chi connectivity index (χ1) is 14.0. The van der Waals surface area contributed by atoms with Gasteiger partial charge in [-0.15, -0.1) is 0 Å². The van der Waals surface area contributed by atoms with Gasteiger partial charge in [-0.1, -0.05) is 17.7 Å². The van der Waals surface area contributed by atoms with Crippen LogP contribution >= 0.6 is 11.6 Å². The monoisotopic (exact) mass is 407 g/mol. The van der Waals surface area contributed by atoms with Gasteiger partial charge >= 0.3 is 0 Å². The molecule has 29 heavy (non-hydrogen) atoms. The first-order valence-electron chi connectivity index (χ1n) is 9.55. The third-order valence-electron chi connectivity index (χ3n) is 4.74. The lowest BCUT2D eigenvalue weighted by Gasteiger charge is -2.06. The molecule has 148 valence electrons. The number of rotatable bonds is 6. The summed E-state index contributed by atoms with van der Waals surface area (Å²) in [4.78, 5) is 17.0. The van der Waals surface area contributed by atoms with Crippen molar-refractivity contribution >= 4 is 34.2 Å². The number of halogens is 1. The van der Waals surface area contributed by atoms with E-state index in [9.17, 15) is 4.79 Å². The fraction of sp³-hybridized carbons (Fsp3) is 0.227. The second-order valence-corrected chi connectivity index (χ2v) is 7.51. The summed E-state index contributed by atoms with van der Waals surface area (Å²) in [6.07, 6.45) is 4.99. The van der Waals surface area contributed by atoms with Gasteiger partial charge in [0.1, 0.15) is 0 Å². The van der Waals surface area contributed by atoms with Gasteiger partial charge in [0.2, 0.25) is 5.91 Å². The molecule has 6 nitrogen and oxygen atoms in total. The first kappa shape index (κ1) is 19.2. The number of fused-ring (bicyclic) bond motifs is 1. The average Bonchev–Trinajstić information content (AvgIpc) is 3.30. The second kappa shape index (κ2) is 8.09. The highest BCUT2D eigenvalue weighted by atomic mass is 35.5. The number of nitrogens with zero attached hydrogens (tertiary/aromatic N) is 4. The van der Waals surface area contributed by atoms with E-state index in [0.29, 0.717) is 30.1 Å². The van der Waals surface area contributed by atoms with Crippen LogP contribution in [0.2, 0.25) is 5.02 Å². The number of hydrogen-bond acceptors (Lipinski definition) is 3. The molecule has 0 aliphatic rings. The number of carbonyl (C=O) groups is 1. The number of carbonyl (C=O) groups excluding carboxylic acids is 1. The third kappa shape index (κ3) is 4.17. The van der Waals surface area contributed by atoms with Gasteiger partial charge in [0.25, 0.3) is 0 Å². The van der Waals surface area contributed by atoms with Crippen molar-refractivity contribution in [2.24, 2.45) is 0 Å². The summed E-state index contributed by atoms with van der Waals surface area (Å²) in [5.74, 6) is 0.813. The Balaban J connectivity index is 1.51. The minimum Gasteiger partial charge on any atom is -0.326 e. The molecule has 0 aliphatic heterocycles. The molecule has 1 aromatic carbocycles. The quantitative estimate of drug-likeness (QED) is 0.493. The van der Waals surface area contributed by atoms with Crippen LogP contribution in [0.25, 0.3) is 16.9 Å². The third-order valence-corrected chi connectivity index (χ3v) is 4.98. The largest absolute Gasteiger partial charge is 0.326 e. The van der Waals surface area contributed by atoms with E-state index in [1.54, 1.807) is 12.1 Å². The van der Waals surface area contributed by atoms with Crippen molar-refractivity contribution in [1.82, 2.24) is 19.3 Å². The molecule has 4 aromatic rings. The fourth-order valence-electron chi connectivity index (χ4n) is 3.48. The molecule has 0 saturated carbocycles. The highest BCUT2D eigenvalue weighted by Gasteiger charge is 2.16. The summed E-state index contributed by atoms with van der Waals surface area (Å²) in [6, 6.07) is 13.2. The van der Waals surface area contributed by atoms with Crippen molar-refractivity contribution < 1.29 is 4.79 Å². The van der Waals surface area contributed by atoms with Crippen LogP contribution in [0.5, 0.6) is 0 Å². The molecule has 0 spiro atoms. The Kier molecular flexibility index (Phi) is 5.36. The predicted molar refractivity (Wildman–Crippen MR) is 116 cm³/mol. The highest BCUT2D eigenvalue weighted by Crippen LogP contribution is 2.25. The summed E-state index contributed by atoms with van der Waals surface area (Å²) in [5.41, 5.74) is 3.64. The number of hydrogen-bond donors (Lipinski definition) is 1. The minimum atomic E-state index is -0.0466. The standard InChI is InChI=1S/C22H22ClN5O/c1-15-13-16(2)24-21-20(15)22(27-10-3-4-11-27)26-28(21)12-6-9-19(29)25-18-8-5-7-17(23)14-18/h3-5,7-8,10-11,13-14H,6,9,12H2,1-2H3,(H,25,29). The maximum atomic E-state index is 12.3. The topological polar surface area (TPSA) is 64.7 Å². The van der Waals surface area contributed by atoms with Crippen molar-refractivity contribution in [3.8, 4) is 5.82 Å². The number of nitrogens with one attached hydrogen (secondary N) is 1. The van der Waals surface area contributed by atoms with Crippen molar-refractivity contribution in [3.05, 3.63) is 71.1 Å². The Morgan fingerprint density at radius 1 is 1.14 bits per heavy atom. The lowest BCUT2D eigenvalue weighted by atomic mass is 10.2. The van der Waals surface area contributed by atoms with Crippen LogP contribution in [0, 0.1) is 13.8 Å². The summed E-state index contributed by atoms with van der Waals surface area (Å²) in [7, 11) is 0. The first-order valence-corrected chi connectivity index (χ1v) is 9.92. The van der Waals surface area contributed by atoms with Gasteiger partial charge in [0, 0.05) is 41.8 Å². The van der Waals surface area contributed by atoms with E-state index in [1.807, 2.05) is 52.8 Å². The number of aryl methyl sites for hydroxylation is 3. The van der Waals surface area contributed by atoms with Crippen LogP contribution in [0.4, 0.5) is 5.69 Å². The summed E-state index contributed by atoms with van der Waals surface area (Å²) >= 11 is 5.97. The molecule has 4 rings (SSSR count). The lowest BCUT2D eigenvalue weighted by Crippen LogP contribution is -2.13. The van der Waals surface area contributed by atoms with Crippen LogP contribution in [-0.4, -0.2) is 25.2 Å². The molecule has 0 bridgehead atoms. The van der Waals surface area contributed by atoms with Crippen LogP contribution in [0.1, 0.15) is 24.1 Å². The zero-order valence-corrected chi connectivity index (χ0v) is 17.1. The Morgan fingerprint density at radius 2 is 1.93 bits per heavy atom. The van der Waals surface area contributed by atoms with Gasteiger partial charge in [-0.05, 0) is 62.2 Å². The average molecular weight is 408 g/mol. The zero-order chi connectivity index (χ0) is 20.4. The second-order valence-electron chi connectivity index (χ2n) is 7.08. The molecule has 0 aliphatic carbocycles. The van der Waals surface area contributed by atoms with E-state index >= 15 is 0 Å². The molecular weight excluding hydrogens is 386 g/mol. The smallest absolute Gasteiger partial charge is 0.224 e. The minimum absolute atomic E-state index is 0.0466. The van der Waals surface area contributed by atoms with E-state index in [2.05, 4.69) is 18.3 Å². The molecular formula is C22H22ClN5O. The number of amides is 1. The number of benzene rings is 1. The Morgan fingerprint density at radius 3 is 2.69 bits per heavy atom. The molecule has 0 atom stereocenters. The molecule has 0 saturated heterocycles. The fourth-order valence-corrected chi connectivity index (χ4v) is 3.67. The molecule has 7 heteroatoms. The Labute approximate surface area is 174 Å². The van der Waals surface area contributed by atoms with Crippen LogP contribution < -0.4 is 5.32 Å². The van der Waals surface area contributed by atoms with Gasteiger partial charge in [-0.2, -0.15) is 5.10 Å². The lowest BCUT2D eigenvalue weighted by molar-refractivity contribution is -0.116. The van der Waals surface area contributed by atoms with Gasteiger partial charge in [0.15, 0.2) is 11.5 Å². The Hall–Kier alpha value is -3.12. The normalized spacial score (nSPS) is 11.1. The van der Waals surface area contributed by atoms with E-state index in [0.717, 1.165) is 28.1 Å². The van der Waals surface area contributed by atoms with Crippen LogP contribution in [0.3, 0.4) is 0 Å². The van der Waals surface area contributed by atoms with Crippen molar-refractivity contribution in [2.75, 3.05) is 5.32 Å². The highest BCUT2D eigenvalue weighted by molar-refractivity contribution is 6.30. The predicted octanol–water partition coefficient (Wildman–Crippen LogP) is 4.91. The van der Waals surface area contributed by atoms with Gasteiger partial charge in [-0.3, -0.25) is 4.79 Å². The number of anilines is 1. The Bertz CT molecular complexity index is 1160. The summed E-state index contributed by atoms with van der Waals surface area (Å²) < 4.78 is 3.89.